The van der Waals surface area contributed by atoms with E-state index in [1.807, 2.05) is 45.2 Å². The molecule has 0 saturated carbocycles. The number of ether oxygens (including phenoxy) is 1. The number of hydrogen-bond donors (Lipinski definition) is 1. The number of hydrogen-bond acceptors (Lipinski definition) is 3. The van der Waals surface area contributed by atoms with Gasteiger partial charge in [0.05, 0.1) is 5.69 Å². The summed E-state index contributed by atoms with van der Waals surface area (Å²) in [6.07, 6.45) is 0. The van der Waals surface area contributed by atoms with Crippen LogP contribution in [0.4, 0.5) is 0 Å². The van der Waals surface area contributed by atoms with Crippen LogP contribution in [-0.4, -0.2) is 9.78 Å². The first-order chi connectivity index (χ1) is 7.58. The minimum Gasteiger partial charge on any atom is -0.439 e. The average molecular weight is 234 g/mol. The summed E-state index contributed by atoms with van der Waals surface area (Å²) in [5.41, 5.74) is 2.06. The van der Waals surface area contributed by atoms with E-state index < -0.39 is 0 Å². The third kappa shape index (κ3) is 2.07. The van der Waals surface area contributed by atoms with Crippen molar-refractivity contribution in [2.75, 3.05) is 0 Å². The van der Waals surface area contributed by atoms with Crippen LogP contribution >= 0.6 is 12.6 Å². The van der Waals surface area contributed by atoms with Gasteiger partial charge in [0.25, 0.3) is 0 Å². The lowest BCUT2D eigenvalue weighted by atomic mass is 10.3. The molecule has 0 unspecified atom stereocenters. The molecule has 0 fully saturated rings. The number of thiol groups is 1. The third-order valence-corrected chi connectivity index (χ3v) is 2.81. The molecular weight excluding hydrogens is 220 g/mol. The third-order valence-electron chi connectivity index (χ3n) is 2.51. The highest BCUT2D eigenvalue weighted by Crippen LogP contribution is 2.26. The summed E-state index contributed by atoms with van der Waals surface area (Å²) in [5, 5.41) is 4.30. The van der Waals surface area contributed by atoms with Gasteiger partial charge >= 0.3 is 0 Å². The Morgan fingerprint density at radius 1 is 1.19 bits per heavy atom. The summed E-state index contributed by atoms with van der Waals surface area (Å²) in [4.78, 5) is 0.922. The van der Waals surface area contributed by atoms with Gasteiger partial charge in [-0.2, -0.15) is 5.10 Å². The Morgan fingerprint density at radius 2 is 1.81 bits per heavy atom. The number of benzene rings is 1. The van der Waals surface area contributed by atoms with Gasteiger partial charge in [-0.3, -0.25) is 0 Å². The molecule has 0 aliphatic carbocycles. The maximum absolute atomic E-state index is 5.78. The van der Waals surface area contributed by atoms with Crippen LogP contribution in [0.15, 0.2) is 29.2 Å². The van der Waals surface area contributed by atoms with Crippen molar-refractivity contribution < 1.29 is 4.74 Å². The van der Waals surface area contributed by atoms with E-state index in [4.69, 9.17) is 4.74 Å². The molecular formula is C12H14N2OS. The lowest BCUT2D eigenvalue weighted by Crippen LogP contribution is -1.95. The number of nitrogens with zero attached hydrogens (tertiary/aromatic N) is 2. The molecule has 2 rings (SSSR count). The Hall–Kier alpha value is -1.42. The zero-order valence-corrected chi connectivity index (χ0v) is 10.5. The number of rotatable bonds is 2. The van der Waals surface area contributed by atoms with Gasteiger partial charge in [0.1, 0.15) is 5.75 Å². The van der Waals surface area contributed by atoms with E-state index in [2.05, 4.69) is 17.7 Å². The number of aryl methyl sites for hydroxylation is 2. The Balaban J connectivity index is 2.30. The monoisotopic (exact) mass is 234 g/mol. The van der Waals surface area contributed by atoms with E-state index in [0.29, 0.717) is 0 Å². The van der Waals surface area contributed by atoms with Gasteiger partial charge in [0.2, 0.25) is 5.88 Å². The molecule has 0 aliphatic heterocycles. The molecule has 0 radical (unpaired) electrons. The molecule has 2 aromatic rings. The second-order valence-corrected chi connectivity index (χ2v) is 4.25. The molecule has 1 heterocycles. The van der Waals surface area contributed by atoms with Gasteiger partial charge in [-0.05, 0) is 38.1 Å². The van der Waals surface area contributed by atoms with E-state index >= 15 is 0 Å². The zero-order valence-electron chi connectivity index (χ0n) is 9.56. The highest BCUT2D eigenvalue weighted by atomic mass is 32.1. The molecule has 16 heavy (non-hydrogen) atoms. The van der Waals surface area contributed by atoms with Crippen LogP contribution in [0, 0.1) is 13.8 Å². The van der Waals surface area contributed by atoms with Crippen molar-refractivity contribution in [2.24, 2.45) is 7.05 Å². The Bertz CT molecular complexity index is 502. The van der Waals surface area contributed by atoms with Gasteiger partial charge in [0.15, 0.2) is 0 Å². The van der Waals surface area contributed by atoms with Gasteiger partial charge < -0.3 is 4.74 Å². The fraction of sp³-hybridized carbons (Fsp3) is 0.250. The highest BCUT2D eigenvalue weighted by molar-refractivity contribution is 7.80. The quantitative estimate of drug-likeness (QED) is 0.808. The van der Waals surface area contributed by atoms with Crippen LogP contribution in [0.1, 0.15) is 11.3 Å². The van der Waals surface area contributed by atoms with Crippen LogP contribution in [0.5, 0.6) is 11.6 Å². The van der Waals surface area contributed by atoms with Crippen molar-refractivity contribution in [3.63, 3.8) is 0 Å². The molecule has 0 aliphatic rings. The fourth-order valence-corrected chi connectivity index (χ4v) is 1.66. The summed E-state index contributed by atoms with van der Waals surface area (Å²) < 4.78 is 7.53. The number of aromatic nitrogens is 2. The Morgan fingerprint density at radius 3 is 2.31 bits per heavy atom. The lowest BCUT2D eigenvalue weighted by molar-refractivity contribution is 0.427. The lowest BCUT2D eigenvalue weighted by Gasteiger charge is -2.06. The van der Waals surface area contributed by atoms with E-state index in [-0.39, 0.29) is 0 Å². The fourth-order valence-electron chi connectivity index (χ4n) is 1.51. The molecule has 0 bridgehead atoms. The van der Waals surface area contributed by atoms with E-state index in [1.54, 1.807) is 4.68 Å². The first-order valence-electron chi connectivity index (χ1n) is 5.05. The zero-order chi connectivity index (χ0) is 11.7. The summed E-state index contributed by atoms with van der Waals surface area (Å²) in [6.45, 7) is 3.98. The predicted molar refractivity (Wildman–Crippen MR) is 66.5 cm³/mol. The summed E-state index contributed by atoms with van der Waals surface area (Å²) >= 11 is 4.23. The molecule has 0 saturated heterocycles. The van der Waals surface area contributed by atoms with Crippen molar-refractivity contribution in [1.29, 1.82) is 0 Å². The van der Waals surface area contributed by atoms with Crippen LogP contribution in [-0.2, 0) is 7.05 Å². The molecule has 3 nitrogen and oxygen atoms in total. The van der Waals surface area contributed by atoms with Crippen molar-refractivity contribution in [1.82, 2.24) is 9.78 Å². The smallest absolute Gasteiger partial charge is 0.220 e. The molecule has 84 valence electrons. The van der Waals surface area contributed by atoms with Gasteiger partial charge in [0, 0.05) is 17.5 Å². The minimum atomic E-state index is 0.782. The maximum Gasteiger partial charge on any atom is 0.220 e. The van der Waals surface area contributed by atoms with Crippen LogP contribution < -0.4 is 4.74 Å². The van der Waals surface area contributed by atoms with Crippen molar-refractivity contribution in [3.05, 3.63) is 35.5 Å². The highest BCUT2D eigenvalue weighted by Gasteiger charge is 2.10. The molecule has 1 aromatic heterocycles. The molecule has 0 spiro atoms. The van der Waals surface area contributed by atoms with Crippen molar-refractivity contribution >= 4 is 12.6 Å². The van der Waals surface area contributed by atoms with E-state index in [0.717, 1.165) is 27.8 Å². The normalized spacial score (nSPS) is 10.5. The van der Waals surface area contributed by atoms with Crippen LogP contribution in [0.3, 0.4) is 0 Å². The Kier molecular flexibility index (Phi) is 2.92. The summed E-state index contributed by atoms with van der Waals surface area (Å²) in [5.74, 6) is 1.58. The van der Waals surface area contributed by atoms with E-state index in [1.165, 1.54) is 0 Å². The Labute approximate surface area is 100 Å². The van der Waals surface area contributed by atoms with E-state index in [9.17, 15) is 0 Å². The summed E-state index contributed by atoms with van der Waals surface area (Å²) in [7, 11) is 1.88. The van der Waals surface area contributed by atoms with Gasteiger partial charge in [-0.15, -0.1) is 12.6 Å². The van der Waals surface area contributed by atoms with Crippen LogP contribution in [0.2, 0.25) is 0 Å². The van der Waals surface area contributed by atoms with Crippen molar-refractivity contribution in [3.8, 4) is 11.6 Å². The van der Waals surface area contributed by atoms with Crippen LogP contribution in [0.25, 0.3) is 0 Å². The molecule has 0 N–H and O–H groups in total. The standard InChI is InChI=1S/C12H14N2OS/c1-8-9(2)13-14(3)12(8)15-10-4-6-11(16)7-5-10/h4-7,16H,1-3H3. The maximum atomic E-state index is 5.78. The van der Waals surface area contributed by atoms with Crippen molar-refractivity contribution in [2.45, 2.75) is 18.7 Å². The van der Waals surface area contributed by atoms with Gasteiger partial charge in [-0.1, -0.05) is 0 Å². The largest absolute Gasteiger partial charge is 0.439 e. The minimum absolute atomic E-state index is 0.782. The first kappa shape index (κ1) is 11.1. The topological polar surface area (TPSA) is 27.1 Å². The second kappa shape index (κ2) is 4.22. The molecule has 1 aromatic carbocycles. The first-order valence-corrected chi connectivity index (χ1v) is 5.49. The molecule has 4 heteroatoms. The predicted octanol–water partition coefficient (Wildman–Crippen LogP) is 3.12. The average Bonchev–Trinajstić information content (AvgIpc) is 2.48. The second-order valence-electron chi connectivity index (χ2n) is 3.74. The molecule has 0 atom stereocenters. The van der Waals surface area contributed by atoms with Gasteiger partial charge in [-0.25, -0.2) is 4.68 Å². The summed E-state index contributed by atoms with van der Waals surface area (Å²) in [6, 6.07) is 7.59. The SMILES string of the molecule is Cc1nn(C)c(Oc2ccc(S)cc2)c1C. The molecule has 0 amide bonds.